The maximum Gasteiger partial charge on any atom is 0.132 e. The highest BCUT2D eigenvalue weighted by Gasteiger charge is 2.06. The maximum atomic E-state index is 8.83. The van der Waals surface area contributed by atoms with E-state index in [2.05, 4.69) is 28.2 Å². The van der Waals surface area contributed by atoms with E-state index in [9.17, 15) is 0 Å². The van der Waals surface area contributed by atoms with Crippen LogP contribution in [0.25, 0.3) is 0 Å². The fraction of sp³-hybridized carbons (Fsp3) is 0.500. The summed E-state index contributed by atoms with van der Waals surface area (Å²) in [6.45, 7) is 3.08. The van der Waals surface area contributed by atoms with Crippen LogP contribution in [0.5, 0.6) is 0 Å². The van der Waals surface area contributed by atoms with Crippen molar-refractivity contribution in [3.8, 4) is 6.07 Å². The lowest BCUT2D eigenvalue weighted by Crippen LogP contribution is -2.23. The van der Waals surface area contributed by atoms with Gasteiger partial charge in [-0.15, -0.1) is 0 Å². The van der Waals surface area contributed by atoms with Crippen LogP contribution in [0.15, 0.2) is 12.1 Å². The van der Waals surface area contributed by atoms with Crippen molar-refractivity contribution < 1.29 is 0 Å². The molecule has 0 aliphatic heterocycles. The molecule has 1 aromatic heterocycles. The summed E-state index contributed by atoms with van der Waals surface area (Å²) in [6.07, 6.45) is 1.00. The van der Waals surface area contributed by atoms with Crippen LogP contribution >= 0.6 is 11.6 Å². The molecule has 1 heterocycles. The predicted octanol–water partition coefficient (Wildman–Crippen LogP) is 2.36. The highest BCUT2D eigenvalue weighted by Crippen LogP contribution is 2.15. The average molecular weight is 253 g/mol. The molecule has 1 aromatic rings. The first-order chi connectivity index (χ1) is 8.01. The van der Waals surface area contributed by atoms with Gasteiger partial charge in [-0.1, -0.05) is 11.6 Å². The van der Waals surface area contributed by atoms with Crippen molar-refractivity contribution in [3.63, 3.8) is 0 Å². The number of pyridine rings is 1. The van der Waals surface area contributed by atoms with E-state index >= 15 is 0 Å². The first-order valence-corrected chi connectivity index (χ1v) is 5.88. The van der Waals surface area contributed by atoms with Crippen molar-refractivity contribution in [1.29, 1.82) is 5.26 Å². The SMILES string of the molecule is CC(CCN(C)C)Nc1cc(C#N)cc(Cl)n1. The van der Waals surface area contributed by atoms with Crippen molar-refractivity contribution in [2.45, 2.75) is 19.4 Å². The Hall–Kier alpha value is -1.31. The summed E-state index contributed by atoms with van der Waals surface area (Å²) in [5.74, 6) is 0.653. The molecule has 0 saturated carbocycles. The summed E-state index contributed by atoms with van der Waals surface area (Å²) < 4.78 is 0. The highest BCUT2D eigenvalue weighted by atomic mass is 35.5. The van der Waals surface area contributed by atoms with Gasteiger partial charge in [-0.2, -0.15) is 5.26 Å². The smallest absolute Gasteiger partial charge is 0.132 e. The van der Waals surface area contributed by atoms with Gasteiger partial charge in [0.1, 0.15) is 11.0 Å². The van der Waals surface area contributed by atoms with Gasteiger partial charge in [0.15, 0.2) is 0 Å². The van der Waals surface area contributed by atoms with Gasteiger partial charge in [0.25, 0.3) is 0 Å². The molecule has 0 aliphatic carbocycles. The summed E-state index contributed by atoms with van der Waals surface area (Å²) in [6, 6.07) is 5.61. The van der Waals surface area contributed by atoms with Crippen LogP contribution in [0.4, 0.5) is 5.82 Å². The lowest BCUT2D eigenvalue weighted by Gasteiger charge is -2.17. The Balaban J connectivity index is 2.62. The molecule has 0 aromatic carbocycles. The van der Waals surface area contributed by atoms with Crippen LogP contribution in [-0.2, 0) is 0 Å². The predicted molar refractivity (Wildman–Crippen MR) is 70.2 cm³/mol. The fourth-order valence-corrected chi connectivity index (χ4v) is 1.62. The van der Waals surface area contributed by atoms with Crippen molar-refractivity contribution >= 4 is 17.4 Å². The second-order valence-corrected chi connectivity index (χ2v) is 4.70. The standard InChI is InChI=1S/C12H17ClN4/c1-9(4-5-17(2)3)15-12-7-10(8-14)6-11(13)16-12/h6-7,9H,4-5H2,1-3H3,(H,15,16). The molecule has 17 heavy (non-hydrogen) atoms. The number of nitriles is 1. The number of hydrogen-bond donors (Lipinski definition) is 1. The molecule has 0 fully saturated rings. The quantitative estimate of drug-likeness (QED) is 0.818. The van der Waals surface area contributed by atoms with Gasteiger partial charge in [0.2, 0.25) is 0 Å². The minimum atomic E-state index is 0.287. The zero-order valence-corrected chi connectivity index (χ0v) is 11.1. The molecule has 0 amide bonds. The Morgan fingerprint density at radius 3 is 2.82 bits per heavy atom. The molecular weight excluding hydrogens is 236 g/mol. The molecule has 1 N–H and O–H groups in total. The summed E-state index contributed by atoms with van der Waals surface area (Å²) in [5, 5.41) is 12.4. The molecule has 0 saturated heterocycles. The number of anilines is 1. The van der Waals surface area contributed by atoms with Gasteiger partial charge >= 0.3 is 0 Å². The molecule has 0 spiro atoms. The number of nitrogens with zero attached hydrogens (tertiary/aromatic N) is 3. The lowest BCUT2D eigenvalue weighted by molar-refractivity contribution is 0.390. The van der Waals surface area contributed by atoms with Crippen LogP contribution in [0.2, 0.25) is 5.15 Å². The van der Waals surface area contributed by atoms with E-state index in [1.54, 1.807) is 12.1 Å². The van der Waals surface area contributed by atoms with E-state index in [0.29, 0.717) is 16.5 Å². The van der Waals surface area contributed by atoms with Crippen LogP contribution in [-0.4, -0.2) is 36.6 Å². The third-order valence-corrected chi connectivity index (χ3v) is 2.52. The van der Waals surface area contributed by atoms with Crippen molar-refractivity contribution in [1.82, 2.24) is 9.88 Å². The Bertz CT molecular complexity index is 411. The monoisotopic (exact) mass is 252 g/mol. The van der Waals surface area contributed by atoms with Crippen LogP contribution < -0.4 is 5.32 Å². The zero-order chi connectivity index (χ0) is 12.8. The van der Waals surface area contributed by atoms with E-state index in [-0.39, 0.29) is 6.04 Å². The lowest BCUT2D eigenvalue weighted by atomic mass is 10.2. The van der Waals surface area contributed by atoms with E-state index in [1.165, 1.54) is 0 Å². The van der Waals surface area contributed by atoms with Crippen molar-refractivity contribution in [2.24, 2.45) is 0 Å². The van der Waals surface area contributed by atoms with Gasteiger partial charge < -0.3 is 10.2 Å². The first kappa shape index (κ1) is 13.8. The molecule has 0 radical (unpaired) electrons. The van der Waals surface area contributed by atoms with Gasteiger partial charge in [-0.3, -0.25) is 0 Å². The molecular formula is C12H17ClN4. The van der Waals surface area contributed by atoms with Crippen molar-refractivity contribution in [3.05, 3.63) is 22.8 Å². The zero-order valence-electron chi connectivity index (χ0n) is 10.4. The van der Waals surface area contributed by atoms with E-state index in [4.69, 9.17) is 16.9 Å². The number of halogens is 1. The Morgan fingerprint density at radius 1 is 1.53 bits per heavy atom. The number of nitrogens with one attached hydrogen (secondary N) is 1. The third-order valence-electron chi connectivity index (χ3n) is 2.33. The van der Waals surface area contributed by atoms with Crippen LogP contribution in [0, 0.1) is 11.3 Å². The van der Waals surface area contributed by atoms with Crippen LogP contribution in [0.3, 0.4) is 0 Å². The third kappa shape index (κ3) is 5.03. The average Bonchev–Trinajstić information content (AvgIpc) is 2.25. The molecule has 0 aliphatic rings. The maximum absolute atomic E-state index is 8.83. The molecule has 1 unspecified atom stereocenters. The second kappa shape index (κ2) is 6.43. The molecule has 0 bridgehead atoms. The Morgan fingerprint density at radius 2 is 2.24 bits per heavy atom. The van der Waals surface area contributed by atoms with Gasteiger partial charge in [-0.25, -0.2) is 4.98 Å². The number of rotatable bonds is 5. The summed E-state index contributed by atoms with van der Waals surface area (Å²) in [7, 11) is 4.08. The van der Waals surface area contributed by atoms with E-state index in [0.717, 1.165) is 13.0 Å². The topological polar surface area (TPSA) is 52.0 Å². The molecule has 1 rings (SSSR count). The highest BCUT2D eigenvalue weighted by molar-refractivity contribution is 6.29. The molecule has 5 heteroatoms. The molecule has 1 atom stereocenters. The van der Waals surface area contributed by atoms with Gasteiger partial charge in [0.05, 0.1) is 11.6 Å². The largest absolute Gasteiger partial charge is 0.367 e. The van der Waals surface area contributed by atoms with E-state index < -0.39 is 0 Å². The minimum Gasteiger partial charge on any atom is -0.367 e. The minimum absolute atomic E-state index is 0.287. The molecule has 92 valence electrons. The summed E-state index contributed by atoms with van der Waals surface area (Å²) in [4.78, 5) is 6.27. The number of aromatic nitrogens is 1. The van der Waals surface area contributed by atoms with Gasteiger partial charge in [-0.05, 0) is 46.1 Å². The second-order valence-electron chi connectivity index (χ2n) is 4.31. The number of hydrogen-bond acceptors (Lipinski definition) is 4. The summed E-state index contributed by atoms with van der Waals surface area (Å²) in [5.41, 5.74) is 0.521. The van der Waals surface area contributed by atoms with E-state index in [1.807, 2.05) is 14.1 Å². The normalized spacial score (nSPS) is 12.2. The molecule has 4 nitrogen and oxygen atoms in total. The van der Waals surface area contributed by atoms with Crippen LogP contribution in [0.1, 0.15) is 18.9 Å². The fourth-order valence-electron chi connectivity index (χ4n) is 1.41. The first-order valence-electron chi connectivity index (χ1n) is 5.50. The summed E-state index contributed by atoms with van der Waals surface area (Å²) >= 11 is 5.83. The Kier molecular flexibility index (Phi) is 5.20. The van der Waals surface area contributed by atoms with Gasteiger partial charge in [0, 0.05) is 6.04 Å². The Labute approximate surface area is 107 Å². The van der Waals surface area contributed by atoms with Crippen molar-refractivity contribution in [2.75, 3.05) is 26.0 Å².